The van der Waals surface area contributed by atoms with E-state index in [0.717, 1.165) is 29.1 Å². The van der Waals surface area contributed by atoms with Crippen LogP contribution in [0.4, 0.5) is 23.0 Å². The predicted molar refractivity (Wildman–Crippen MR) is 122 cm³/mol. The quantitative estimate of drug-likeness (QED) is 0.336. The number of nitrogens with zero attached hydrogens (tertiary/aromatic N) is 2. The molecule has 0 atom stereocenters. The van der Waals surface area contributed by atoms with Crippen molar-refractivity contribution in [1.82, 2.24) is 9.97 Å². The first-order chi connectivity index (χ1) is 15.5. The highest BCUT2D eigenvalue weighted by Gasteiger charge is 2.06. The Kier molecular flexibility index (Phi) is 7.48. The summed E-state index contributed by atoms with van der Waals surface area (Å²) in [6.07, 6.45) is 3.52. The van der Waals surface area contributed by atoms with Crippen LogP contribution in [0, 0.1) is 0 Å². The molecule has 0 aliphatic rings. The number of hydrogen-bond donors (Lipinski definition) is 4. The van der Waals surface area contributed by atoms with Crippen LogP contribution < -0.4 is 10.6 Å². The molecule has 4 N–H and O–H groups in total. The first-order valence-corrected chi connectivity index (χ1v) is 9.54. The highest BCUT2D eigenvalue weighted by atomic mass is 16.4. The summed E-state index contributed by atoms with van der Waals surface area (Å²) in [5.74, 6) is -0.610. The average Bonchev–Trinajstić information content (AvgIpc) is 2.81. The van der Waals surface area contributed by atoms with E-state index in [2.05, 4.69) is 20.6 Å². The second-order valence-corrected chi connectivity index (χ2v) is 6.45. The molecule has 0 saturated heterocycles. The van der Waals surface area contributed by atoms with E-state index < -0.39 is 11.9 Å². The van der Waals surface area contributed by atoms with Gasteiger partial charge in [-0.1, -0.05) is 24.3 Å². The van der Waals surface area contributed by atoms with Crippen molar-refractivity contribution in [1.29, 1.82) is 0 Å². The topological polar surface area (TPSA) is 124 Å². The molecule has 4 rings (SSSR count). The van der Waals surface area contributed by atoms with E-state index in [9.17, 15) is 9.59 Å². The minimum Gasteiger partial charge on any atom is -0.478 e. The monoisotopic (exact) mass is 428 g/mol. The molecule has 4 aromatic rings. The van der Waals surface area contributed by atoms with E-state index in [0.29, 0.717) is 0 Å². The summed E-state index contributed by atoms with van der Waals surface area (Å²) in [4.78, 5) is 29.3. The normalized spacial score (nSPS) is 9.75. The molecule has 0 saturated carbocycles. The van der Waals surface area contributed by atoms with Crippen molar-refractivity contribution in [3.63, 3.8) is 0 Å². The Morgan fingerprint density at radius 1 is 0.594 bits per heavy atom. The van der Waals surface area contributed by atoms with E-state index in [1.165, 1.54) is 18.2 Å². The number of hydrogen-bond acceptors (Lipinski definition) is 6. The maximum absolute atomic E-state index is 10.4. The van der Waals surface area contributed by atoms with Gasteiger partial charge in [0.15, 0.2) is 0 Å². The number of aromatic nitrogens is 2. The lowest BCUT2D eigenvalue weighted by atomic mass is 10.1. The molecule has 2 aromatic carbocycles. The molecule has 0 aliphatic heterocycles. The van der Waals surface area contributed by atoms with Gasteiger partial charge in [-0.05, 0) is 60.7 Å². The fourth-order valence-electron chi connectivity index (χ4n) is 2.63. The Bertz CT molecular complexity index is 1100. The standard InChI is InChI=1S/C16H14N4.C8H6O4/c1-3-10-17-15(8-1)19-13-6-5-7-14(12-13)20-16-9-2-4-11-18-16;9-7(10)5-2-1-3-6(4-5)8(11)12/h1-12H,(H,17,19)(H,18,20);1-4H,(H,9,10)(H,11,12). The number of benzene rings is 2. The zero-order chi connectivity index (χ0) is 22.8. The van der Waals surface area contributed by atoms with Gasteiger partial charge in [0.1, 0.15) is 11.6 Å². The highest BCUT2D eigenvalue weighted by Crippen LogP contribution is 2.21. The number of aromatic carboxylic acids is 2. The summed E-state index contributed by atoms with van der Waals surface area (Å²) in [7, 11) is 0. The highest BCUT2D eigenvalue weighted by molar-refractivity contribution is 5.93. The van der Waals surface area contributed by atoms with Crippen molar-refractivity contribution in [2.75, 3.05) is 10.6 Å². The zero-order valence-electron chi connectivity index (χ0n) is 16.8. The summed E-state index contributed by atoms with van der Waals surface area (Å²) in [5.41, 5.74) is 1.92. The fourth-order valence-corrected chi connectivity index (χ4v) is 2.63. The van der Waals surface area contributed by atoms with Crippen LogP contribution in [0.25, 0.3) is 0 Å². The first-order valence-electron chi connectivity index (χ1n) is 9.54. The molecule has 32 heavy (non-hydrogen) atoms. The molecule has 8 heteroatoms. The minimum absolute atomic E-state index is 0.0186. The van der Waals surface area contributed by atoms with Crippen molar-refractivity contribution < 1.29 is 19.8 Å². The van der Waals surface area contributed by atoms with Gasteiger partial charge < -0.3 is 20.8 Å². The summed E-state index contributed by atoms with van der Waals surface area (Å²) >= 11 is 0. The van der Waals surface area contributed by atoms with Gasteiger partial charge in [0, 0.05) is 23.8 Å². The maximum atomic E-state index is 10.4. The van der Waals surface area contributed by atoms with Crippen LogP contribution in [-0.4, -0.2) is 32.1 Å². The van der Waals surface area contributed by atoms with E-state index in [4.69, 9.17) is 10.2 Å². The average molecular weight is 428 g/mol. The smallest absolute Gasteiger partial charge is 0.335 e. The van der Waals surface area contributed by atoms with Crippen LogP contribution in [0.2, 0.25) is 0 Å². The summed E-state index contributed by atoms with van der Waals surface area (Å²) < 4.78 is 0. The van der Waals surface area contributed by atoms with Crippen molar-refractivity contribution in [2.24, 2.45) is 0 Å². The Labute approximate surface area is 184 Å². The predicted octanol–water partition coefficient (Wildman–Crippen LogP) is 5.05. The van der Waals surface area contributed by atoms with E-state index >= 15 is 0 Å². The molecule has 8 nitrogen and oxygen atoms in total. The lowest BCUT2D eigenvalue weighted by Gasteiger charge is -2.09. The molecule has 2 aromatic heterocycles. The molecule has 0 unspecified atom stereocenters. The molecule has 0 spiro atoms. The molecule has 0 aliphatic carbocycles. The van der Waals surface area contributed by atoms with Gasteiger partial charge in [-0.2, -0.15) is 0 Å². The summed E-state index contributed by atoms with van der Waals surface area (Å²) in [6.45, 7) is 0. The van der Waals surface area contributed by atoms with Gasteiger partial charge in [0.2, 0.25) is 0 Å². The van der Waals surface area contributed by atoms with Crippen molar-refractivity contribution in [2.45, 2.75) is 0 Å². The summed E-state index contributed by atoms with van der Waals surface area (Å²) in [5, 5.41) is 23.5. The number of carbonyl (C=O) groups is 2. The molecule has 160 valence electrons. The van der Waals surface area contributed by atoms with Crippen molar-refractivity contribution in [3.05, 3.63) is 108 Å². The van der Waals surface area contributed by atoms with E-state index in [-0.39, 0.29) is 11.1 Å². The van der Waals surface area contributed by atoms with Crippen LogP contribution in [0.3, 0.4) is 0 Å². The Morgan fingerprint density at radius 2 is 1.06 bits per heavy atom. The Hall–Kier alpha value is -4.72. The number of carboxylic acid groups (broad SMARTS) is 2. The maximum Gasteiger partial charge on any atom is 0.335 e. The Balaban J connectivity index is 0.000000207. The van der Waals surface area contributed by atoms with Gasteiger partial charge in [-0.25, -0.2) is 19.6 Å². The third kappa shape index (κ3) is 6.67. The third-order valence-electron chi connectivity index (χ3n) is 4.09. The molecular weight excluding hydrogens is 408 g/mol. The van der Waals surface area contributed by atoms with Gasteiger partial charge in [-0.3, -0.25) is 0 Å². The molecule has 0 amide bonds. The van der Waals surface area contributed by atoms with Crippen LogP contribution in [0.15, 0.2) is 97.3 Å². The number of carboxylic acids is 2. The van der Waals surface area contributed by atoms with Gasteiger partial charge in [-0.15, -0.1) is 0 Å². The SMILES string of the molecule is O=C(O)c1cccc(C(=O)O)c1.c1ccc(Nc2cccc(Nc3ccccn3)c2)nc1. The number of nitrogens with one attached hydrogen (secondary N) is 2. The third-order valence-corrected chi connectivity index (χ3v) is 4.09. The largest absolute Gasteiger partial charge is 0.478 e. The summed E-state index contributed by atoms with van der Waals surface area (Å²) in [6, 6.07) is 24.7. The molecular formula is C24H20N4O4. The first kappa shape index (κ1) is 22.0. The van der Waals surface area contributed by atoms with Gasteiger partial charge in [0.05, 0.1) is 11.1 Å². The molecule has 2 heterocycles. The number of anilines is 4. The molecule has 0 bridgehead atoms. The van der Waals surface area contributed by atoms with Gasteiger partial charge in [0.25, 0.3) is 0 Å². The van der Waals surface area contributed by atoms with Crippen LogP contribution in [0.5, 0.6) is 0 Å². The van der Waals surface area contributed by atoms with E-state index in [1.807, 2.05) is 60.7 Å². The fraction of sp³-hybridized carbons (Fsp3) is 0. The van der Waals surface area contributed by atoms with Crippen molar-refractivity contribution >= 4 is 34.9 Å². The van der Waals surface area contributed by atoms with Gasteiger partial charge >= 0.3 is 11.9 Å². The van der Waals surface area contributed by atoms with Crippen LogP contribution in [-0.2, 0) is 0 Å². The second kappa shape index (κ2) is 10.9. The molecule has 0 fully saturated rings. The van der Waals surface area contributed by atoms with E-state index in [1.54, 1.807) is 12.4 Å². The minimum atomic E-state index is -1.13. The number of rotatable bonds is 6. The lowest BCUT2D eigenvalue weighted by Crippen LogP contribution is -2.01. The van der Waals surface area contributed by atoms with Crippen molar-refractivity contribution in [3.8, 4) is 0 Å². The van der Waals surface area contributed by atoms with Crippen LogP contribution in [0.1, 0.15) is 20.7 Å². The molecule has 0 radical (unpaired) electrons. The van der Waals surface area contributed by atoms with Crippen LogP contribution >= 0.6 is 0 Å². The number of pyridine rings is 2. The second-order valence-electron chi connectivity index (χ2n) is 6.45. The zero-order valence-corrected chi connectivity index (χ0v) is 16.8. The Morgan fingerprint density at radius 3 is 1.47 bits per heavy atom. The lowest BCUT2D eigenvalue weighted by molar-refractivity contribution is 0.0696.